The minimum Gasteiger partial charge on any atom is -0.489 e. The Morgan fingerprint density at radius 2 is 1.86 bits per heavy atom. The number of carbonyl (C=O) groups excluding carboxylic acids is 2. The molecule has 1 amide bonds. The number of esters is 1. The third kappa shape index (κ3) is 5.96. The van der Waals surface area contributed by atoms with Crippen LogP contribution in [-0.4, -0.2) is 27.6 Å². The summed E-state index contributed by atoms with van der Waals surface area (Å²) < 4.78 is 32.5. The average molecular weight is 624 g/mol. The van der Waals surface area contributed by atoms with Crippen molar-refractivity contribution in [3.63, 3.8) is 0 Å². The Labute approximate surface area is 257 Å². The number of anilines is 2. The lowest BCUT2D eigenvalue weighted by Gasteiger charge is -2.29. The van der Waals surface area contributed by atoms with Crippen LogP contribution >= 0.6 is 23.2 Å². The predicted octanol–water partition coefficient (Wildman–Crippen LogP) is 8.21. The highest BCUT2D eigenvalue weighted by Gasteiger charge is 2.34. The van der Waals surface area contributed by atoms with E-state index in [4.69, 9.17) is 37.2 Å². The summed E-state index contributed by atoms with van der Waals surface area (Å²) in [6, 6.07) is 11.5. The maximum absolute atomic E-state index is 15.3. The van der Waals surface area contributed by atoms with Gasteiger partial charge in [0.25, 0.3) is 0 Å². The van der Waals surface area contributed by atoms with Crippen molar-refractivity contribution in [1.29, 1.82) is 0 Å². The van der Waals surface area contributed by atoms with Gasteiger partial charge in [-0.2, -0.15) is 0 Å². The number of pyridine rings is 1. The molecule has 0 N–H and O–H groups in total. The first-order valence-electron chi connectivity index (χ1n) is 13.9. The number of rotatable bonds is 7. The van der Waals surface area contributed by atoms with Crippen molar-refractivity contribution in [3.8, 4) is 17.0 Å². The molecule has 222 valence electrons. The van der Waals surface area contributed by atoms with Gasteiger partial charge in [-0.3, -0.25) is 9.69 Å². The van der Waals surface area contributed by atoms with Crippen LogP contribution in [0, 0.1) is 5.82 Å². The van der Waals surface area contributed by atoms with Gasteiger partial charge in [-0.1, -0.05) is 34.4 Å². The van der Waals surface area contributed by atoms with Crippen molar-refractivity contribution in [2.24, 2.45) is 0 Å². The molecule has 0 bridgehead atoms. The van der Waals surface area contributed by atoms with E-state index in [1.807, 2.05) is 6.07 Å². The Hall–Kier alpha value is -3.95. The first-order valence-corrected chi connectivity index (χ1v) is 14.7. The molecule has 0 atom stereocenters. The number of nitrogens with zero attached hydrogens (tertiary/aromatic N) is 3. The van der Waals surface area contributed by atoms with E-state index in [1.54, 1.807) is 51.1 Å². The van der Waals surface area contributed by atoms with Crippen molar-refractivity contribution in [2.75, 3.05) is 4.90 Å². The van der Waals surface area contributed by atoms with Crippen molar-refractivity contribution in [2.45, 2.75) is 64.6 Å². The highest BCUT2D eigenvalue weighted by molar-refractivity contribution is 6.39. The molecule has 6 rings (SSSR count). The number of hydrogen-bond acceptors (Lipinski definition) is 7. The number of aryl methyl sites for hydroxylation is 1. The Balaban J connectivity index is 1.26. The molecule has 0 spiro atoms. The van der Waals surface area contributed by atoms with Gasteiger partial charge in [-0.05, 0) is 82.0 Å². The number of hydrogen-bond donors (Lipinski definition) is 0. The van der Waals surface area contributed by atoms with Crippen LogP contribution in [0.4, 0.5) is 15.9 Å². The van der Waals surface area contributed by atoms with Crippen LogP contribution in [0.5, 0.6) is 5.75 Å². The summed E-state index contributed by atoms with van der Waals surface area (Å²) in [5.41, 5.74) is 2.41. The largest absolute Gasteiger partial charge is 0.489 e. The van der Waals surface area contributed by atoms with E-state index in [9.17, 15) is 9.59 Å². The summed E-state index contributed by atoms with van der Waals surface area (Å²) in [7, 11) is 0. The molecule has 2 aromatic carbocycles. The summed E-state index contributed by atoms with van der Waals surface area (Å²) in [6.07, 6.45) is 3.82. The zero-order valence-electron chi connectivity index (χ0n) is 23.7. The van der Waals surface area contributed by atoms with E-state index in [2.05, 4.69) is 10.1 Å². The van der Waals surface area contributed by atoms with E-state index in [0.717, 1.165) is 35.8 Å². The number of carbonyl (C=O) groups is 2. The number of fused-ring (bicyclic) bond motifs is 1. The number of amides is 1. The Kier molecular flexibility index (Phi) is 7.64. The normalized spacial score (nSPS) is 14.9. The minimum atomic E-state index is -0.810. The summed E-state index contributed by atoms with van der Waals surface area (Å²) in [5, 5.41) is 5.23. The molecule has 11 heteroatoms. The maximum atomic E-state index is 15.3. The van der Waals surface area contributed by atoms with E-state index in [1.165, 1.54) is 11.1 Å². The average Bonchev–Trinajstić information content (AvgIpc) is 3.71. The minimum absolute atomic E-state index is 0.0404. The third-order valence-corrected chi connectivity index (χ3v) is 7.80. The van der Waals surface area contributed by atoms with Crippen LogP contribution in [0.15, 0.2) is 53.2 Å². The number of halogens is 3. The summed E-state index contributed by atoms with van der Waals surface area (Å²) >= 11 is 13.0. The third-order valence-electron chi connectivity index (χ3n) is 7.17. The van der Waals surface area contributed by atoms with Crippen molar-refractivity contribution >= 4 is 46.6 Å². The standard InChI is InChI=1S/C32H28Cl2FN3O5/c1-32(2,3)42-31(40)19-14-24(35)30(36-15-19)38-25-11-10-20(13-18(25)9-12-26(38)39)41-16-21-28(37-43-29(21)17-7-8-17)27-22(33)5-4-6-23(27)34/h4-6,10-11,13-15,17H,7-9,12,16H2,1-3H3. The van der Waals surface area contributed by atoms with Gasteiger partial charge in [0.1, 0.15) is 29.4 Å². The zero-order chi connectivity index (χ0) is 30.5. The number of aromatic nitrogens is 2. The van der Waals surface area contributed by atoms with E-state index in [0.29, 0.717) is 39.2 Å². The van der Waals surface area contributed by atoms with E-state index < -0.39 is 17.4 Å². The van der Waals surface area contributed by atoms with Crippen LogP contribution in [0.3, 0.4) is 0 Å². The van der Waals surface area contributed by atoms with Gasteiger partial charge >= 0.3 is 5.97 Å². The van der Waals surface area contributed by atoms with Gasteiger partial charge in [0, 0.05) is 24.1 Å². The molecule has 2 aromatic heterocycles. The van der Waals surface area contributed by atoms with E-state index >= 15 is 4.39 Å². The Bertz CT molecular complexity index is 1730. The lowest BCUT2D eigenvalue weighted by molar-refractivity contribution is -0.118. The molecule has 1 fully saturated rings. The first kappa shape index (κ1) is 29.1. The molecule has 8 nitrogen and oxygen atoms in total. The van der Waals surface area contributed by atoms with Crippen LogP contribution in [0.2, 0.25) is 10.0 Å². The van der Waals surface area contributed by atoms with Crippen LogP contribution < -0.4 is 9.64 Å². The highest BCUT2D eigenvalue weighted by atomic mass is 35.5. The monoisotopic (exact) mass is 623 g/mol. The fourth-order valence-electron chi connectivity index (χ4n) is 5.04. The molecule has 2 aliphatic rings. The van der Waals surface area contributed by atoms with Crippen LogP contribution in [0.25, 0.3) is 11.3 Å². The fourth-order valence-corrected chi connectivity index (χ4v) is 5.61. The van der Waals surface area contributed by atoms with Crippen molar-refractivity contribution < 1.29 is 28.0 Å². The predicted molar refractivity (Wildman–Crippen MR) is 160 cm³/mol. The Morgan fingerprint density at radius 3 is 2.53 bits per heavy atom. The second kappa shape index (κ2) is 11.3. The number of ether oxygens (including phenoxy) is 2. The SMILES string of the molecule is CC(C)(C)OC(=O)c1cnc(N2C(=O)CCc3cc(OCc4c(-c5c(Cl)cccc5Cl)noc4C4CC4)ccc32)c(F)c1. The highest BCUT2D eigenvalue weighted by Crippen LogP contribution is 2.46. The van der Waals surface area contributed by atoms with Gasteiger partial charge in [0.15, 0.2) is 11.6 Å². The molecule has 3 heterocycles. The van der Waals surface area contributed by atoms with Crippen molar-refractivity contribution in [1.82, 2.24) is 10.1 Å². The fraction of sp³-hybridized carbons (Fsp3) is 0.312. The van der Waals surface area contributed by atoms with Gasteiger partial charge in [-0.15, -0.1) is 0 Å². The van der Waals surface area contributed by atoms with Gasteiger partial charge in [0.05, 0.1) is 26.9 Å². The lowest BCUT2D eigenvalue weighted by atomic mass is 10.0. The molecule has 0 saturated heterocycles. The molecule has 1 aliphatic heterocycles. The summed E-state index contributed by atoms with van der Waals surface area (Å²) in [5.74, 6) is -0.415. The summed E-state index contributed by atoms with van der Waals surface area (Å²) in [6.45, 7) is 5.32. The molecule has 43 heavy (non-hydrogen) atoms. The number of benzene rings is 2. The van der Waals surface area contributed by atoms with Crippen LogP contribution in [-0.2, 0) is 22.6 Å². The molecule has 1 aliphatic carbocycles. The van der Waals surface area contributed by atoms with Gasteiger partial charge < -0.3 is 14.0 Å². The maximum Gasteiger partial charge on any atom is 0.340 e. The summed E-state index contributed by atoms with van der Waals surface area (Å²) in [4.78, 5) is 30.7. The molecule has 1 saturated carbocycles. The topological polar surface area (TPSA) is 94.8 Å². The Morgan fingerprint density at radius 1 is 1.12 bits per heavy atom. The van der Waals surface area contributed by atoms with Crippen molar-refractivity contribution in [3.05, 3.63) is 87.0 Å². The van der Waals surface area contributed by atoms with E-state index in [-0.39, 0.29) is 36.2 Å². The molecule has 0 radical (unpaired) electrons. The van der Waals surface area contributed by atoms with Crippen LogP contribution in [0.1, 0.15) is 73.2 Å². The second-order valence-corrected chi connectivity index (χ2v) is 12.4. The quantitative estimate of drug-likeness (QED) is 0.191. The lowest BCUT2D eigenvalue weighted by Crippen LogP contribution is -2.32. The van der Waals surface area contributed by atoms with Gasteiger partial charge in [-0.25, -0.2) is 14.2 Å². The smallest absolute Gasteiger partial charge is 0.340 e. The molecular formula is C32H28Cl2FN3O5. The molecular weight excluding hydrogens is 596 g/mol. The molecule has 4 aromatic rings. The first-order chi connectivity index (χ1) is 20.5. The zero-order valence-corrected chi connectivity index (χ0v) is 25.3. The molecule has 0 unspecified atom stereocenters. The second-order valence-electron chi connectivity index (χ2n) is 11.6. The van der Waals surface area contributed by atoms with Gasteiger partial charge in [0.2, 0.25) is 5.91 Å².